The highest BCUT2D eigenvalue weighted by Gasteiger charge is 2.58. The minimum Gasteiger partial charge on any atom is -0.462 e. The maximum absolute atomic E-state index is 13.6. The molecule has 0 atom stereocenters. The van der Waals surface area contributed by atoms with E-state index in [0.717, 1.165) is 25.1 Å². The van der Waals surface area contributed by atoms with Crippen LogP contribution in [0.5, 0.6) is 0 Å². The first kappa shape index (κ1) is 27.7. The van der Waals surface area contributed by atoms with Gasteiger partial charge in [-0.1, -0.05) is 29.8 Å². The zero-order valence-electron chi connectivity index (χ0n) is 19.8. The normalized spacial score (nSPS) is 11.8. The summed E-state index contributed by atoms with van der Waals surface area (Å²) in [6, 6.07) is 7.65. The van der Waals surface area contributed by atoms with Crippen molar-refractivity contribution in [2.45, 2.75) is 32.5 Å². The number of aromatic amines is 1. The Morgan fingerprint density at radius 3 is 2.11 bits per heavy atom. The molecule has 0 amide bonds. The standard InChI is InChI=1S/C25H21ClF3NO7/c1-4-35-22(33)24(37-13(3)31,23(34)36-5-2)19-17-10-9-16(26)12-18(17)30-20(19)21(32)14-7-6-8-15(11-14)25(27,28)29/h6-12,30H,4-5H2,1-3H3. The molecule has 0 unspecified atom stereocenters. The Balaban J connectivity index is 2.43. The SMILES string of the molecule is CCOC(=O)C(OC(C)=O)(C(=O)OCC)c1c(C(=O)c2cccc(C(F)(F)F)c2)[nH]c2cc(Cl)ccc12. The van der Waals surface area contributed by atoms with Crippen molar-refractivity contribution in [3.63, 3.8) is 0 Å². The largest absolute Gasteiger partial charge is 0.462 e. The molecule has 0 aliphatic rings. The monoisotopic (exact) mass is 539 g/mol. The Morgan fingerprint density at radius 2 is 1.57 bits per heavy atom. The third-order valence-electron chi connectivity index (χ3n) is 5.21. The number of halogens is 4. The van der Waals surface area contributed by atoms with E-state index >= 15 is 0 Å². The number of ketones is 1. The Bertz CT molecular complexity index is 1360. The first-order valence-corrected chi connectivity index (χ1v) is 11.3. The second-order valence-corrected chi connectivity index (χ2v) is 8.12. The van der Waals surface area contributed by atoms with Crippen molar-refractivity contribution in [3.05, 3.63) is 69.9 Å². The fraction of sp³-hybridized carbons (Fsp3) is 0.280. The summed E-state index contributed by atoms with van der Waals surface area (Å²) in [4.78, 5) is 55.2. The first-order chi connectivity index (χ1) is 17.4. The van der Waals surface area contributed by atoms with Crippen molar-refractivity contribution >= 4 is 46.2 Å². The topological polar surface area (TPSA) is 112 Å². The average molecular weight is 540 g/mol. The molecule has 3 rings (SSSR count). The predicted octanol–water partition coefficient (Wildman–Crippen LogP) is 4.96. The van der Waals surface area contributed by atoms with Gasteiger partial charge in [-0.3, -0.25) is 9.59 Å². The Morgan fingerprint density at radius 1 is 0.946 bits per heavy atom. The van der Waals surface area contributed by atoms with E-state index in [2.05, 4.69) is 4.98 Å². The zero-order valence-corrected chi connectivity index (χ0v) is 20.6. The molecule has 0 spiro atoms. The van der Waals surface area contributed by atoms with E-state index in [1.54, 1.807) is 0 Å². The molecule has 0 radical (unpaired) electrons. The summed E-state index contributed by atoms with van der Waals surface area (Å²) in [5, 5.41) is 0.241. The van der Waals surface area contributed by atoms with Gasteiger partial charge in [0.1, 0.15) is 0 Å². The molecule has 1 aromatic heterocycles. The number of hydrogen-bond acceptors (Lipinski definition) is 7. The summed E-state index contributed by atoms with van der Waals surface area (Å²) in [6.07, 6.45) is -4.75. The molecule has 1 heterocycles. The Kier molecular flexibility index (Phi) is 7.97. The molecule has 1 N–H and O–H groups in total. The van der Waals surface area contributed by atoms with Crippen molar-refractivity contribution in [1.29, 1.82) is 0 Å². The summed E-state index contributed by atoms with van der Waals surface area (Å²) in [5.41, 5.74) is -5.27. The summed E-state index contributed by atoms with van der Waals surface area (Å²) >= 11 is 6.07. The number of ether oxygens (including phenoxy) is 3. The van der Waals surface area contributed by atoms with Crippen molar-refractivity contribution < 1.29 is 46.6 Å². The maximum atomic E-state index is 13.6. The number of alkyl halides is 3. The Labute approximate surface area is 213 Å². The van der Waals surface area contributed by atoms with Gasteiger partial charge < -0.3 is 19.2 Å². The van der Waals surface area contributed by atoms with Gasteiger partial charge in [-0.15, -0.1) is 0 Å². The number of carbonyl (C=O) groups excluding carboxylic acids is 4. The van der Waals surface area contributed by atoms with Gasteiger partial charge >= 0.3 is 29.7 Å². The summed E-state index contributed by atoms with van der Waals surface area (Å²) < 4.78 is 55.4. The molecule has 12 heteroatoms. The van der Waals surface area contributed by atoms with Gasteiger partial charge in [0.05, 0.1) is 30.0 Å². The Hall–Kier alpha value is -3.86. The lowest BCUT2D eigenvalue weighted by molar-refractivity contribution is -0.197. The third kappa shape index (κ3) is 5.31. The van der Waals surface area contributed by atoms with E-state index in [0.29, 0.717) is 6.07 Å². The van der Waals surface area contributed by atoms with Crippen LogP contribution in [0.2, 0.25) is 5.02 Å². The van der Waals surface area contributed by atoms with Gasteiger partial charge in [0.15, 0.2) is 0 Å². The fourth-order valence-corrected chi connectivity index (χ4v) is 3.96. The average Bonchev–Trinajstić information content (AvgIpc) is 3.20. The van der Waals surface area contributed by atoms with Crippen LogP contribution in [0.4, 0.5) is 13.2 Å². The van der Waals surface area contributed by atoms with Crippen LogP contribution >= 0.6 is 11.6 Å². The molecule has 196 valence electrons. The molecule has 0 saturated carbocycles. The highest BCUT2D eigenvalue weighted by Crippen LogP contribution is 2.40. The predicted molar refractivity (Wildman–Crippen MR) is 125 cm³/mol. The molecule has 2 aromatic carbocycles. The molecule has 0 aliphatic carbocycles. The molecule has 0 aliphatic heterocycles. The second kappa shape index (κ2) is 10.6. The number of fused-ring (bicyclic) bond motifs is 1. The van der Waals surface area contributed by atoms with Crippen molar-refractivity contribution in [3.8, 4) is 0 Å². The minimum absolute atomic E-state index is 0.0436. The number of H-pyrrole nitrogens is 1. The van der Waals surface area contributed by atoms with Crippen LogP contribution < -0.4 is 0 Å². The lowest BCUT2D eigenvalue weighted by atomic mass is 9.88. The lowest BCUT2D eigenvalue weighted by Gasteiger charge is -2.29. The molecule has 37 heavy (non-hydrogen) atoms. The molecule has 0 fully saturated rings. The number of esters is 3. The van der Waals surface area contributed by atoms with Crippen LogP contribution in [0.25, 0.3) is 10.9 Å². The van der Waals surface area contributed by atoms with E-state index in [1.165, 1.54) is 32.0 Å². The van der Waals surface area contributed by atoms with E-state index in [9.17, 15) is 32.3 Å². The van der Waals surface area contributed by atoms with Gasteiger partial charge in [0.2, 0.25) is 5.78 Å². The van der Waals surface area contributed by atoms with Gasteiger partial charge in [-0.05, 0) is 38.1 Å². The van der Waals surface area contributed by atoms with Gasteiger partial charge in [-0.25, -0.2) is 9.59 Å². The number of nitrogens with one attached hydrogen (secondary N) is 1. The zero-order chi connectivity index (χ0) is 27.5. The summed E-state index contributed by atoms with van der Waals surface area (Å²) in [6.45, 7) is 3.31. The number of carbonyl (C=O) groups is 4. The second-order valence-electron chi connectivity index (χ2n) is 7.69. The van der Waals surface area contributed by atoms with E-state index in [4.69, 9.17) is 25.8 Å². The van der Waals surface area contributed by atoms with Crippen LogP contribution in [0.1, 0.15) is 48.0 Å². The summed E-state index contributed by atoms with van der Waals surface area (Å²) in [5.74, 6) is -4.85. The number of rotatable bonds is 8. The smallest absolute Gasteiger partial charge is 0.416 e. The molecular weight excluding hydrogens is 519 g/mol. The molecule has 0 saturated heterocycles. The van der Waals surface area contributed by atoms with E-state index in [-0.39, 0.29) is 29.1 Å². The van der Waals surface area contributed by atoms with Crippen molar-refractivity contribution in [2.24, 2.45) is 0 Å². The fourth-order valence-electron chi connectivity index (χ4n) is 3.79. The van der Waals surface area contributed by atoms with Crippen LogP contribution in [0, 0.1) is 0 Å². The number of benzene rings is 2. The first-order valence-electron chi connectivity index (χ1n) is 10.9. The molecule has 3 aromatic rings. The molecular formula is C25H21ClF3NO7. The van der Waals surface area contributed by atoms with E-state index in [1.807, 2.05) is 0 Å². The maximum Gasteiger partial charge on any atom is 0.416 e. The van der Waals surface area contributed by atoms with E-state index < -0.39 is 57.9 Å². The van der Waals surface area contributed by atoms with Gasteiger partial charge in [-0.2, -0.15) is 13.2 Å². The third-order valence-corrected chi connectivity index (χ3v) is 5.45. The highest BCUT2D eigenvalue weighted by molar-refractivity contribution is 6.31. The minimum atomic E-state index is -4.75. The van der Waals surface area contributed by atoms with Crippen LogP contribution in [-0.4, -0.2) is 41.9 Å². The van der Waals surface area contributed by atoms with Gasteiger partial charge in [0.25, 0.3) is 0 Å². The van der Waals surface area contributed by atoms with Crippen LogP contribution in [0.3, 0.4) is 0 Å². The van der Waals surface area contributed by atoms with Crippen molar-refractivity contribution in [2.75, 3.05) is 13.2 Å². The van der Waals surface area contributed by atoms with Crippen LogP contribution in [-0.2, 0) is 40.4 Å². The number of hydrogen-bond donors (Lipinski definition) is 1. The van der Waals surface area contributed by atoms with Crippen LogP contribution in [0.15, 0.2) is 42.5 Å². The van der Waals surface area contributed by atoms with Gasteiger partial charge in [0, 0.05) is 28.4 Å². The summed E-state index contributed by atoms with van der Waals surface area (Å²) in [7, 11) is 0. The molecule has 0 bridgehead atoms. The lowest BCUT2D eigenvalue weighted by Crippen LogP contribution is -2.50. The quantitative estimate of drug-likeness (QED) is 0.186. The number of aromatic nitrogens is 1. The highest BCUT2D eigenvalue weighted by atomic mass is 35.5. The van der Waals surface area contributed by atoms with Crippen molar-refractivity contribution in [1.82, 2.24) is 4.98 Å². The molecule has 8 nitrogen and oxygen atoms in total.